The van der Waals surface area contributed by atoms with Crippen LogP contribution in [-0.2, 0) is 19.6 Å². The Morgan fingerprint density at radius 2 is 1.40 bits per heavy atom. The van der Waals surface area contributed by atoms with E-state index in [-0.39, 0.29) is 35.6 Å². The molecule has 4 rings (SSSR count). The minimum absolute atomic E-state index is 0.0995. The molecule has 30 heavy (non-hydrogen) atoms. The van der Waals surface area contributed by atoms with Crippen LogP contribution in [0.15, 0.2) is 53.4 Å². The average Bonchev–Trinajstić information content (AvgIpc) is 2.74. The second-order valence-corrected chi connectivity index (χ2v) is 9.25. The number of carbonyl (C=O) groups excluding carboxylic acids is 2. The van der Waals surface area contributed by atoms with Gasteiger partial charge in [0.15, 0.2) is 0 Å². The van der Waals surface area contributed by atoms with Gasteiger partial charge in [-0.25, -0.2) is 12.8 Å². The quantitative estimate of drug-likeness (QED) is 0.695. The van der Waals surface area contributed by atoms with Crippen molar-refractivity contribution in [2.75, 3.05) is 36.0 Å². The number of hydrogen-bond donors (Lipinski definition) is 0. The summed E-state index contributed by atoms with van der Waals surface area (Å²) in [5, 5.41) is 0. The second-order valence-electron chi connectivity index (χ2n) is 7.31. The number of anilines is 2. The first kappa shape index (κ1) is 20.5. The summed E-state index contributed by atoms with van der Waals surface area (Å²) in [7, 11) is -3.73. The van der Waals surface area contributed by atoms with Gasteiger partial charge in [-0.15, -0.1) is 0 Å². The molecule has 0 aliphatic carbocycles. The maximum atomic E-state index is 14.0. The molecule has 2 aromatic rings. The molecule has 2 aliphatic heterocycles. The summed E-state index contributed by atoms with van der Waals surface area (Å²) >= 11 is 0. The highest BCUT2D eigenvalue weighted by molar-refractivity contribution is 7.89. The number of benzene rings is 2. The minimum Gasteiger partial charge on any atom is -0.367 e. The van der Waals surface area contributed by atoms with Crippen molar-refractivity contribution < 1.29 is 22.4 Å². The van der Waals surface area contributed by atoms with Crippen molar-refractivity contribution in [2.24, 2.45) is 0 Å². The fraction of sp³-hybridized carbons (Fsp3) is 0.333. The molecule has 9 heteroatoms. The number of rotatable bonds is 4. The Morgan fingerprint density at radius 1 is 0.800 bits per heavy atom. The Balaban J connectivity index is 1.47. The molecule has 0 spiro atoms. The Bertz CT molecular complexity index is 1050. The van der Waals surface area contributed by atoms with Gasteiger partial charge in [-0.3, -0.25) is 14.5 Å². The lowest BCUT2D eigenvalue weighted by Crippen LogP contribution is -2.48. The van der Waals surface area contributed by atoms with Crippen molar-refractivity contribution in [1.29, 1.82) is 0 Å². The van der Waals surface area contributed by atoms with Gasteiger partial charge in [0.05, 0.1) is 16.3 Å². The van der Waals surface area contributed by atoms with Gasteiger partial charge >= 0.3 is 0 Å². The average molecular weight is 431 g/mol. The molecule has 2 aliphatic rings. The molecule has 0 radical (unpaired) electrons. The van der Waals surface area contributed by atoms with E-state index in [0.717, 1.165) is 4.90 Å². The van der Waals surface area contributed by atoms with Crippen LogP contribution in [0.5, 0.6) is 0 Å². The number of amides is 2. The van der Waals surface area contributed by atoms with Gasteiger partial charge in [0.25, 0.3) is 0 Å². The minimum atomic E-state index is -3.73. The molecule has 2 saturated heterocycles. The standard InChI is InChI=1S/C21H22FN3O4S/c22-18-4-1-2-5-19(18)23-12-14-24(15-13-23)30(28,29)17-10-8-16(9-11-17)25-20(26)6-3-7-21(25)27/h1-2,4-5,8-11H,3,6-7,12-15H2. The van der Waals surface area contributed by atoms with Gasteiger partial charge < -0.3 is 4.90 Å². The molecule has 0 unspecified atom stereocenters. The third-order valence-corrected chi connectivity index (χ3v) is 7.36. The van der Waals surface area contributed by atoms with E-state index in [4.69, 9.17) is 0 Å². The largest absolute Gasteiger partial charge is 0.367 e. The van der Waals surface area contributed by atoms with Crippen LogP contribution < -0.4 is 9.80 Å². The van der Waals surface area contributed by atoms with Crippen LogP contribution in [0.3, 0.4) is 0 Å². The number of sulfonamides is 1. The Hall–Kier alpha value is -2.78. The first-order valence-electron chi connectivity index (χ1n) is 9.83. The van der Waals surface area contributed by atoms with Crippen LogP contribution in [0, 0.1) is 5.82 Å². The van der Waals surface area contributed by atoms with Crippen LogP contribution in [0.2, 0.25) is 0 Å². The Labute approximate surface area is 174 Å². The summed E-state index contributed by atoms with van der Waals surface area (Å²) < 4.78 is 41.4. The number of hydrogen-bond acceptors (Lipinski definition) is 5. The highest BCUT2D eigenvalue weighted by atomic mass is 32.2. The fourth-order valence-corrected chi connectivity index (χ4v) is 5.26. The van der Waals surface area contributed by atoms with Crippen molar-refractivity contribution in [3.05, 3.63) is 54.3 Å². The van der Waals surface area contributed by atoms with Crippen molar-refractivity contribution in [1.82, 2.24) is 4.31 Å². The first-order valence-corrected chi connectivity index (χ1v) is 11.3. The van der Waals surface area contributed by atoms with Crippen molar-refractivity contribution in [2.45, 2.75) is 24.2 Å². The van der Waals surface area contributed by atoms with Crippen LogP contribution in [0.25, 0.3) is 0 Å². The lowest BCUT2D eigenvalue weighted by molar-refractivity contribution is -0.129. The van der Waals surface area contributed by atoms with E-state index in [9.17, 15) is 22.4 Å². The number of para-hydroxylation sites is 1. The van der Waals surface area contributed by atoms with E-state index in [1.807, 2.05) is 4.90 Å². The van der Waals surface area contributed by atoms with Gasteiger partial charge in [-0.2, -0.15) is 4.31 Å². The third kappa shape index (κ3) is 3.82. The van der Waals surface area contributed by atoms with Crippen LogP contribution >= 0.6 is 0 Å². The molecular formula is C21H22FN3O4S. The summed E-state index contributed by atoms with van der Waals surface area (Å²) in [6.07, 6.45) is 1.15. The van der Waals surface area contributed by atoms with Gasteiger partial charge in [0.1, 0.15) is 5.82 Å². The predicted molar refractivity (Wildman–Crippen MR) is 110 cm³/mol. The maximum absolute atomic E-state index is 14.0. The zero-order chi connectivity index (χ0) is 21.3. The molecule has 2 amide bonds. The topological polar surface area (TPSA) is 78.0 Å². The number of carbonyl (C=O) groups is 2. The molecule has 2 fully saturated rings. The van der Waals surface area contributed by atoms with Gasteiger partial charge in [0, 0.05) is 39.0 Å². The van der Waals surface area contributed by atoms with E-state index in [2.05, 4.69) is 0 Å². The molecule has 0 atom stereocenters. The SMILES string of the molecule is O=C1CCCC(=O)N1c1ccc(S(=O)(=O)N2CCN(c3ccccc3F)CC2)cc1. The summed E-state index contributed by atoms with van der Waals surface area (Å²) in [6, 6.07) is 12.3. The number of piperazine rings is 1. The predicted octanol–water partition coefficient (Wildman–Crippen LogP) is 2.38. The molecule has 2 heterocycles. The van der Waals surface area contributed by atoms with Gasteiger partial charge in [-0.1, -0.05) is 12.1 Å². The third-order valence-electron chi connectivity index (χ3n) is 5.44. The summed E-state index contributed by atoms with van der Waals surface area (Å²) in [5.74, 6) is -0.872. The molecule has 7 nitrogen and oxygen atoms in total. The highest BCUT2D eigenvalue weighted by Gasteiger charge is 2.31. The molecule has 0 N–H and O–H groups in total. The summed E-state index contributed by atoms with van der Waals surface area (Å²) in [6.45, 7) is 1.24. The smallest absolute Gasteiger partial charge is 0.243 e. The molecule has 0 bridgehead atoms. The first-order chi connectivity index (χ1) is 14.4. The lowest BCUT2D eigenvalue weighted by atomic mass is 10.1. The zero-order valence-electron chi connectivity index (χ0n) is 16.3. The molecule has 158 valence electrons. The van der Waals surface area contributed by atoms with E-state index in [1.54, 1.807) is 18.2 Å². The van der Waals surface area contributed by atoms with Crippen LogP contribution in [0.4, 0.5) is 15.8 Å². The Kier molecular flexibility index (Phi) is 5.57. The highest BCUT2D eigenvalue weighted by Crippen LogP contribution is 2.26. The lowest BCUT2D eigenvalue weighted by Gasteiger charge is -2.35. The summed E-state index contributed by atoms with van der Waals surface area (Å²) in [5.41, 5.74) is 0.850. The zero-order valence-corrected chi connectivity index (χ0v) is 17.1. The number of halogens is 1. The number of piperidine rings is 1. The van der Waals surface area contributed by atoms with Crippen molar-refractivity contribution >= 4 is 33.2 Å². The van der Waals surface area contributed by atoms with E-state index >= 15 is 0 Å². The van der Waals surface area contributed by atoms with Crippen molar-refractivity contribution in [3.8, 4) is 0 Å². The fourth-order valence-electron chi connectivity index (χ4n) is 3.84. The molecule has 0 saturated carbocycles. The van der Waals surface area contributed by atoms with Gasteiger partial charge in [-0.05, 0) is 42.8 Å². The second kappa shape index (κ2) is 8.16. The number of nitrogens with zero attached hydrogens (tertiary/aromatic N) is 3. The Morgan fingerprint density at radius 3 is 2.00 bits per heavy atom. The molecule has 0 aromatic heterocycles. The van der Waals surface area contributed by atoms with E-state index < -0.39 is 10.0 Å². The van der Waals surface area contributed by atoms with Crippen molar-refractivity contribution in [3.63, 3.8) is 0 Å². The summed E-state index contributed by atoms with van der Waals surface area (Å²) in [4.78, 5) is 27.2. The number of imide groups is 1. The maximum Gasteiger partial charge on any atom is 0.243 e. The van der Waals surface area contributed by atoms with E-state index in [0.29, 0.717) is 43.7 Å². The molecular weight excluding hydrogens is 409 g/mol. The normalized spacial score (nSPS) is 18.7. The van der Waals surface area contributed by atoms with Gasteiger partial charge in [0.2, 0.25) is 21.8 Å². The molecule has 2 aromatic carbocycles. The van der Waals surface area contributed by atoms with E-state index in [1.165, 1.54) is 34.6 Å². The van der Waals surface area contributed by atoms with Crippen LogP contribution in [0.1, 0.15) is 19.3 Å². The monoisotopic (exact) mass is 431 g/mol. The van der Waals surface area contributed by atoms with Crippen LogP contribution in [-0.4, -0.2) is 50.7 Å².